The average Bonchev–Trinajstić information content (AvgIpc) is 2.88. The van der Waals surface area contributed by atoms with Gasteiger partial charge in [0.2, 0.25) is 5.91 Å². The number of nitrogens with zero attached hydrogens (tertiary/aromatic N) is 2. The molecule has 0 spiro atoms. The molecule has 2 unspecified atom stereocenters. The van der Waals surface area contributed by atoms with Gasteiger partial charge in [0.05, 0.1) is 6.54 Å². The van der Waals surface area contributed by atoms with Crippen LogP contribution < -0.4 is 5.73 Å². The van der Waals surface area contributed by atoms with Crippen LogP contribution in [0.2, 0.25) is 0 Å². The maximum absolute atomic E-state index is 12.8. The molecule has 0 aliphatic carbocycles. The third-order valence-electron chi connectivity index (χ3n) is 5.51. The van der Waals surface area contributed by atoms with Crippen molar-refractivity contribution in [2.24, 2.45) is 5.73 Å². The number of carbonyl (C=O) groups is 1. The maximum Gasteiger partial charge on any atom is 0.237 e. The Morgan fingerprint density at radius 1 is 1.13 bits per heavy atom. The highest BCUT2D eigenvalue weighted by Gasteiger charge is 2.35. The number of likely N-dealkylation sites (tertiary alicyclic amines) is 2. The summed E-state index contributed by atoms with van der Waals surface area (Å²) in [6.45, 7) is 6.55. The zero-order valence-corrected chi connectivity index (χ0v) is 14.3. The van der Waals surface area contributed by atoms with Gasteiger partial charge in [-0.25, -0.2) is 0 Å². The van der Waals surface area contributed by atoms with Gasteiger partial charge in [-0.1, -0.05) is 30.3 Å². The fourth-order valence-electron chi connectivity index (χ4n) is 4.28. The van der Waals surface area contributed by atoms with Gasteiger partial charge < -0.3 is 10.6 Å². The molecule has 126 valence electrons. The molecule has 2 N–H and O–H groups in total. The maximum atomic E-state index is 12.8. The summed E-state index contributed by atoms with van der Waals surface area (Å²) < 4.78 is 0. The lowest BCUT2D eigenvalue weighted by atomic mass is 9.95. The summed E-state index contributed by atoms with van der Waals surface area (Å²) in [6, 6.07) is 11.3. The fourth-order valence-corrected chi connectivity index (χ4v) is 4.28. The van der Waals surface area contributed by atoms with Crippen LogP contribution in [0.1, 0.15) is 44.6 Å². The molecule has 1 amide bonds. The molecule has 4 nitrogen and oxygen atoms in total. The number of carbonyl (C=O) groups excluding carboxylic acids is 1. The summed E-state index contributed by atoms with van der Waals surface area (Å²) in [5, 5.41) is 0. The summed E-state index contributed by atoms with van der Waals surface area (Å²) >= 11 is 0. The minimum absolute atomic E-state index is 0.112. The monoisotopic (exact) mass is 315 g/mol. The van der Waals surface area contributed by atoms with Gasteiger partial charge in [0, 0.05) is 37.1 Å². The molecule has 3 rings (SSSR count). The highest BCUT2D eigenvalue weighted by Crippen LogP contribution is 2.27. The van der Waals surface area contributed by atoms with Crippen LogP contribution in [0.25, 0.3) is 0 Å². The van der Waals surface area contributed by atoms with Crippen LogP contribution in [0.15, 0.2) is 30.3 Å². The second kappa shape index (κ2) is 7.02. The van der Waals surface area contributed by atoms with Crippen LogP contribution in [-0.2, 0) is 4.79 Å². The molecule has 4 atom stereocenters. The molecule has 2 fully saturated rings. The van der Waals surface area contributed by atoms with Crippen molar-refractivity contribution in [1.82, 2.24) is 9.80 Å². The number of nitrogens with two attached hydrogens (primary N) is 1. The first kappa shape index (κ1) is 16.5. The van der Waals surface area contributed by atoms with E-state index < -0.39 is 0 Å². The molecule has 1 aromatic carbocycles. The van der Waals surface area contributed by atoms with E-state index in [-0.39, 0.29) is 11.9 Å². The van der Waals surface area contributed by atoms with Crippen molar-refractivity contribution in [2.45, 2.75) is 57.2 Å². The zero-order valence-electron chi connectivity index (χ0n) is 14.3. The van der Waals surface area contributed by atoms with Crippen molar-refractivity contribution >= 4 is 5.91 Å². The lowest BCUT2D eigenvalue weighted by Crippen LogP contribution is -2.51. The molecule has 23 heavy (non-hydrogen) atoms. The van der Waals surface area contributed by atoms with Gasteiger partial charge in [0.25, 0.3) is 0 Å². The number of rotatable bonds is 3. The van der Waals surface area contributed by atoms with Crippen molar-refractivity contribution in [1.29, 1.82) is 0 Å². The SMILES string of the molecule is CC1CCCC(C)N1C(=O)CN1C[C@@H](N)[C@H](c2ccccc2)C1. The molecule has 0 bridgehead atoms. The van der Waals surface area contributed by atoms with Gasteiger partial charge in [-0.3, -0.25) is 9.69 Å². The molecule has 4 heteroatoms. The molecule has 0 aromatic heterocycles. The third kappa shape index (κ3) is 3.59. The molecule has 2 aliphatic heterocycles. The van der Waals surface area contributed by atoms with Gasteiger partial charge in [0.1, 0.15) is 0 Å². The van der Waals surface area contributed by atoms with Gasteiger partial charge >= 0.3 is 0 Å². The Bertz CT molecular complexity index is 523. The number of benzene rings is 1. The predicted octanol–water partition coefficient (Wildman–Crippen LogP) is 2.20. The van der Waals surface area contributed by atoms with Gasteiger partial charge in [0.15, 0.2) is 0 Å². The standard InChI is InChI=1S/C19H29N3O/c1-14-7-6-8-15(2)22(14)19(23)13-21-11-17(18(20)12-21)16-9-4-3-5-10-16/h3-5,9-10,14-15,17-18H,6-8,11-13,20H2,1-2H3/t14?,15?,17-,18+/m0/s1. The topological polar surface area (TPSA) is 49.6 Å². The molecular formula is C19H29N3O. The van der Waals surface area contributed by atoms with E-state index in [1.807, 2.05) is 6.07 Å². The van der Waals surface area contributed by atoms with Crippen LogP contribution in [0.3, 0.4) is 0 Å². The first-order valence-corrected chi connectivity index (χ1v) is 8.90. The summed E-state index contributed by atoms with van der Waals surface area (Å²) in [6.07, 6.45) is 3.49. The quantitative estimate of drug-likeness (QED) is 0.930. The molecule has 2 aliphatic rings. The fraction of sp³-hybridized carbons (Fsp3) is 0.632. The Morgan fingerprint density at radius 3 is 2.43 bits per heavy atom. The Hall–Kier alpha value is -1.39. The van der Waals surface area contributed by atoms with Gasteiger partial charge in [-0.2, -0.15) is 0 Å². The van der Waals surface area contributed by atoms with Crippen molar-refractivity contribution < 1.29 is 4.79 Å². The second-order valence-electron chi connectivity index (χ2n) is 7.31. The summed E-state index contributed by atoms with van der Waals surface area (Å²) in [5.41, 5.74) is 7.63. The summed E-state index contributed by atoms with van der Waals surface area (Å²) in [5.74, 6) is 0.603. The third-order valence-corrected chi connectivity index (χ3v) is 5.51. The van der Waals surface area contributed by atoms with Crippen molar-refractivity contribution in [3.8, 4) is 0 Å². The predicted molar refractivity (Wildman–Crippen MR) is 93.2 cm³/mol. The molecule has 1 aromatic rings. The van der Waals surface area contributed by atoms with Gasteiger partial charge in [-0.15, -0.1) is 0 Å². The van der Waals surface area contributed by atoms with Gasteiger partial charge in [-0.05, 0) is 38.7 Å². The van der Waals surface area contributed by atoms with E-state index in [9.17, 15) is 4.79 Å². The second-order valence-corrected chi connectivity index (χ2v) is 7.31. The van der Waals surface area contributed by atoms with Crippen LogP contribution in [0.5, 0.6) is 0 Å². The highest BCUT2D eigenvalue weighted by molar-refractivity contribution is 5.79. The number of hydrogen-bond donors (Lipinski definition) is 1. The normalized spacial score (nSPS) is 32.2. The zero-order chi connectivity index (χ0) is 16.4. The molecular weight excluding hydrogens is 286 g/mol. The molecule has 0 radical (unpaired) electrons. The smallest absolute Gasteiger partial charge is 0.237 e. The average molecular weight is 315 g/mol. The van der Waals surface area contributed by atoms with Crippen LogP contribution >= 0.6 is 0 Å². The summed E-state index contributed by atoms with van der Waals surface area (Å²) in [4.78, 5) is 17.1. The van der Waals surface area contributed by atoms with Crippen LogP contribution in [-0.4, -0.2) is 53.5 Å². The Kier molecular flexibility index (Phi) is 5.02. The molecule has 0 saturated carbocycles. The first-order chi connectivity index (χ1) is 11.1. The largest absolute Gasteiger partial charge is 0.336 e. The minimum Gasteiger partial charge on any atom is -0.336 e. The van der Waals surface area contributed by atoms with E-state index in [0.717, 1.165) is 25.9 Å². The number of amides is 1. The highest BCUT2D eigenvalue weighted by atomic mass is 16.2. The van der Waals surface area contributed by atoms with E-state index in [1.165, 1.54) is 12.0 Å². The lowest BCUT2D eigenvalue weighted by Gasteiger charge is -2.39. The van der Waals surface area contributed by atoms with Crippen molar-refractivity contribution in [3.05, 3.63) is 35.9 Å². The van der Waals surface area contributed by atoms with E-state index in [4.69, 9.17) is 5.73 Å². The molecule has 2 heterocycles. The van der Waals surface area contributed by atoms with Crippen molar-refractivity contribution in [2.75, 3.05) is 19.6 Å². The van der Waals surface area contributed by atoms with Crippen molar-refractivity contribution in [3.63, 3.8) is 0 Å². The Morgan fingerprint density at radius 2 is 1.78 bits per heavy atom. The number of piperidine rings is 1. The van der Waals surface area contributed by atoms with E-state index in [1.54, 1.807) is 0 Å². The lowest BCUT2D eigenvalue weighted by molar-refractivity contribution is -0.138. The Balaban J connectivity index is 1.62. The van der Waals surface area contributed by atoms with E-state index >= 15 is 0 Å². The summed E-state index contributed by atoms with van der Waals surface area (Å²) in [7, 11) is 0. The minimum atomic E-state index is 0.112. The van der Waals surface area contributed by atoms with E-state index in [0.29, 0.717) is 24.5 Å². The number of hydrogen-bond acceptors (Lipinski definition) is 3. The van der Waals surface area contributed by atoms with Crippen LogP contribution in [0, 0.1) is 0 Å². The molecule has 2 saturated heterocycles. The van der Waals surface area contributed by atoms with E-state index in [2.05, 4.69) is 47.9 Å². The Labute approximate surface area is 139 Å². The van der Waals surface area contributed by atoms with Crippen LogP contribution in [0.4, 0.5) is 0 Å². The first-order valence-electron chi connectivity index (χ1n) is 8.90.